The first-order valence-corrected chi connectivity index (χ1v) is 2.85. The molecule has 0 aromatic carbocycles. The van der Waals surface area contributed by atoms with Gasteiger partial charge >= 0.3 is 0 Å². The lowest BCUT2D eigenvalue weighted by atomic mass is 11.7. The maximum Gasteiger partial charge on any atom is 0.143 e. The zero-order valence-corrected chi connectivity index (χ0v) is 4.48. The van der Waals surface area contributed by atoms with E-state index in [0.29, 0.717) is 0 Å². The van der Waals surface area contributed by atoms with E-state index >= 15 is 0 Å². The van der Waals surface area contributed by atoms with Crippen molar-refractivity contribution in [3.8, 4) is 0 Å². The molecule has 0 aliphatic carbocycles. The summed E-state index contributed by atoms with van der Waals surface area (Å²) in [5.74, 6) is 1.55. The van der Waals surface area contributed by atoms with Crippen LogP contribution < -0.4 is 0 Å². The molecule has 6 heavy (non-hydrogen) atoms. The Balaban J connectivity index is 2.85. The standard InChI is InChI=1S/C3H6NOP/c1-4-5-3-6-2/h3H,1H2,2H3. The Hall–Kier alpha value is -0.360. The van der Waals surface area contributed by atoms with Crippen molar-refractivity contribution in [2.75, 3.05) is 6.66 Å². The molecule has 0 spiro atoms. The Bertz CT molecular complexity index is 61.8. The maximum absolute atomic E-state index is 4.36. The van der Waals surface area contributed by atoms with Gasteiger partial charge in [-0.05, 0) is 6.66 Å². The molecule has 0 aliphatic rings. The summed E-state index contributed by atoms with van der Waals surface area (Å²) in [6, 6.07) is 0. The first-order valence-electron chi connectivity index (χ1n) is 1.44. The Kier molecular flexibility index (Phi) is 4.36. The monoisotopic (exact) mass is 103 g/mol. The van der Waals surface area contributed by atoms with Gasteiger partial charge in [0.1, 0.15) is 5.98 Å². The van der Waals surface area contributed by atoms with E-state index in [1.807, 2.05) is 6.66 Å². The minimum absolute atomic E-state index is 1.06. The fourth-order valence-corrected chi connectivity index (χ4v) is 0.241. The summed E-state index contributed by atoms with van der Waals surface area (Å²) < 4.78 is 0. The summed E-state index contributed by atoms with van der Waals surface area (Å²) in [5.41, 5.74) is 0. The fourth-order valence-electron chi connectivity index (χ4n) is 0.0805. The zero-order valence-electron chi connectivity index (χ0n) is 3.59. The Morgan fingerprint density at radius 1 is 2.00 bits per heavy atom. The van der Waals surface area contributed by atoms with E-state index in [9.17, 15) is 0 Å². The highest BCUT2D eigenvalue weighted by Crippen LogP contribution is 1.79. The SMILES string of the molecule is C=NO/C=P\C. The van der Waals surface area contributed by atoms with Crippen molar-refractivity contribution < 1.29 is 4.84 Å². The van der Waals surface area contributed by atoms with Gasteiger partial charge in [0.25, 0.3) is 0 Å². The van der Waals surface area contributed by atoms with Crippen molar-refractivity contribution in [3.63, 3.8) is 0 Å². The highest BCUT2D eigenvalue weighted by molar-refractivity contribution is 7.37. The molecular weight excluding hydrogens is 97.0 g/mol. The smallest absolute Gasteiger partial charge is 0.143 e. The van der Waals surface area contributed by atoms with Gasteiger partial charge in [0.15, 0.2) is 0 Å². The van der Waals surface area contributed by atoms with Crippen LogP contribution in [0.4, 0.5) is 0 Å². The molecule has 0 rings (SSSR count). The van der Waals surface area contributed by atoms with Gasteiger partial charge in [0.2, 0.25) is 0 Å². The average Bonchev–Trinajstić information content (AvgIpc) is 1.61. The third kappa shape index (κ3) is 3.64. The third-order valence-electron chi connectivity index (χ3n) is 0.227. The molecule has 0 heterocycles. The minimum Gasteiger partial charge on any atom is -0.361 e. The van der Waals surface area contributed by atoms with Gasteiger partial charge in [0.05, 0.1) is 0 Å². The van der Waals surface area contributed by atoms with Crippen molar-refractivity contribution >= 4 is 20.9 Å². The predicted molar refractivity (Wildman–Crippen MR) is 29.5 cm³/mol. The second-order valence-corrected chi connectivity index (χ2v) is 1.33. The van der Waals surface area contributed by atoms with Crippen molar-refractivity contribution in [2.45, 2.75) is 0 Å². The fraction of sp³-hybridized carbons (Fsp3) is 0.333. The maximum atomic E-state index is 4.36. The van der Waals surface area contributed by atoms with E-state index in [2.05, 4.69) is 16.7 Å². The van der Waals surface area contributed by atoms with Gasteiger partial charge in [-0.3, -0.25) is 0 Å². The van der Waals surface area contributed by atoms with Crippen LogP contribution in [0.25, 0.3) is 0 Å². The molecule has 0 N–H and O–H groups in total. The van der Waals surface area contributed by atoms with Gasteiger partial charge in [0, 0.05) is 6.72 Å². The van der Waals surface area contributed by atoms with E-state index in [-0.39, 0.29) is 0 Å². The zero-order chi connectivity index (χ0) is 4.83. The lowest BCUT2D eigenvalue weighted by molar-refractivity contribution is 0.357. The lowest BCUT2D eigenvalue weighted by Crippen LogP contribution is -1.65. The number of hydrogen-bond donors (Lipinski definition) is 0. The van der Waals surface area contributed by atoms with Gasteiger partial charge in [-0.15, -0.1) is 0 Å². The van der Waals surface area contributed by atoms with Crippen LogP contribution in [0, 0.1) is 0 Å². The average molecular weight is 103 g/mol. The van der Waals surface area contributed by atoms with E-state index < -0.39 is 0 Å². The summed E-state index contributed by atoms with van der Waals surface area (Å²) in [6.07, 6.45) is 0. The van der Waals surface area contributed by atoms with Crippen LogP contribution >= 0.6 is 8.20 Å². The van der Waals surface area contributed by atoms with Crippen molar-refractivity contribution in [3.05, 3.63) is 0 Å². The molecular formula is C3H6NOP. The van der Waals surface area contributed by atoms with Crippen LogP contribution in [0.1, 0.15) is 0 Å². The van der Waals surface area contributed by atoms with Crippen LogP contribution in [-0.2, 0) is 4.84 Å². The molecule has 0 bridgehead atoms. The molecule has 0 amide bonds. The summed E-state index contributed by atoms with van der Waals surface area (Å²) >= 11 is 0. The molecule has 0 radical (unpaired) electrons. The van der Waals surface area contributed by atoms with Crippen LogP contribution in [0.5, 0.6) is 0 Å². The minimum atomic E-state index is 1.06. The molecule has 0 saturated carbocycles. The van der Waals surface area contributed by atoms with Gasteiger partial charge < -0.3 is 4.84 Å². The Morgan fingerprint density at radius 3 is 2.83 bits per heavy atom. The Morgan fingerprint density at radius 2 is 2.67 bits per heavy atom. The third-order valence-corrected chi connectivity index (χ3v) is 0.532. The summed E-state index contributed by atoms with van der Waals surface area (Å²) in [5, 5.41) is 3.11. The molecule has 34 valence electrons. The second-order valence-electron chi connectivity index (χ2n) is 0.598. The highest BCUT2D eigenvalue weighted by Gasteiger charge is 1.54. The predicted octanol–water partition coefficient (Wildman–Crippen LogP) is 0.954. The van der Waals surface area contributed by atoms with E-state index in [1.165, 1.54) is 0 Å². The normalized spacial score (nSPS) is 8.83. The molecule has 0 fully saturated rings. The van der Waals surface area contributed by atoms with Crippen LogP contribution in [0.3, 0.4) is 0 Å². The van der Waals surface area contributed by atoms with E-state index in [1.54, 1.807) is 5.98 Å². The van der Waals surface area contributed by atoms with Crippen molar-refractivity contribution in [1.82, 2.24) is 0 Å². The number of rotatable bonds is 2. The van der Waals surface area contributed by atoms with Crippen LogP contribution in [-0.4, -0.2) is 19.4 Å². The quantitative estimate of drug-likeness (QED) is 0.289. The van der Waals surface area contributed by atoms with Crippen molar-refractivity contribution in [1.29, 1.82) is 0 Å². The highest BCUT2D eigenvalue weighted by atomic mass is 31.1. The molecule has 0 atom stereocenters. The molecule has 3 heteroatoms. The van der Waals surface area contributed by atoms with E-state index in [0.717, 1.165) is 8.20 Å². The topological polar surface area (TPSA) is 21.6 Å². The molecule has 0 aromatic heterocycles. The first-order chi connectivity index (χ1) is 2.91. The van der Waals surface area contributed by atoms with E-state index in [4.69, 9.17) is 0 Å². The first kappa shape index (κ1) is 5.64. The van der Waals surface area contributed by atoms with Crippen molar-refractivity contribution in [2.24, 2.45) is 5.16 Å². The second kappa shape index (κ2) is 4.64. The molecule has 0 aromatic rings. The van der Waals surface area contributed by atoms with Gasteiger partial charge in [-0.2, -0.15) is 0 Å². The number of hydrogen-bond acceptors (Lipinski definition) is 2. The van der Waals surface area contributed by atoms with Crippen LogP contribution in [0.15, 0.2) is 5.16 Å². The summed E-state index contributed by atoms with van der Waals surface area (Å²) in [7, 11) is 1.06. The van der Waals surface area contributed by atoms with Crippen LogP contribution in [0.2, 0.25) is 0 Å². The summed E-state index contributed by atoms with van der Waals surface area (Å²) in [6.45, 7) is 5.03. The summed E-state index contributed by atoms with van der Waals surface area (Å²) in [4.78, 5) is 4.36. The largest absolute Gasteiger partial charge is 0.361 e. The molecule has 2 nitrogen and oxygen atoms in total. The number of oxime groups is 1. The molecule has 0 aliphatic heterocycles. The number of nitrogens with zero attached hydrogens (tertiary/aromatic N) is 1. The lowest BCUT2D eigenvalue weighted by Gasteiger charge is -1.76. The molecule has 0 saturated heterocycles. The van der Waals surface area contributed by atoms with Gasteiger partial charge in [-0.25, -0.2) is 0 Å². The van der Waals surface area contributed by atoms with Gasteiger partial charge in [-0.1, -0.05) is 13.4 Å². The molecule has 0 unspecified atom stereocenters. The Labute approximate surface area is 38.6 Å².